The molecule has 0 unspecified atom stereocenters. The number of morpholine rings is 1. The molecule has 1 saturated heterocycles. The zero-order chi connectivity index (χ0) is 14.4. The Bertz CT molecular complexity index is 417. The molecular weight excluding hydrogens is 257 g/mol. The molecule has 0 spiro atoms. The average Bonchev–Trinajstić information content (AvgIpc) is 2.42. The second-order valence-corrected chi connectivity index (χ2v) is 5.67. The summed E-state index contributed by atoms with van der Waals surface area (Å²) in [6.07, 6.45) is 0.894. The number of hydrogen-bond acceptors (Lipinski definition) is 3. The van der Waals surface area contributed by atoms with Crippen LogP contribution in [0.5, 0.6) is 5.75 Å². The predicted octanol–water partition coefficient (Wildman–Crippen LogP) is 2.74. The Labute approximate surface area is 120 Å². The molecule has 1 fully saturated rings. The molecule has 0 aliphatic carbocycles. The molecule has 112 valence electrons. The number of halogens is 1. The Hall–Kier alpha value is -1.13. The van der Waals surface area contributed by atoms with E-state index in [4.69, 9.17) is 9.47 Å². The van der Waals surface area contributed by atoms with Crippen LogP contribution in [0.2, 0.25) is 0 Å². The Balaban J connectivity index is 1.80. The summed E-state index contributed by atoms with van der Waals surface area (Å²) in [5.74, 6) is 0.624. The van der Waals surface area contributed by atoms with Crippen LogP contribution in [-0.4, -0.2) is 44.4 Å². The summed E-state index contributed by atoms with van der Waals surface area (Å²) in [6.45, 7) is 9.00. The molecule has 1 aliphatic heterocycles. The van der Waals surface area contributed by atoms with Crippen molar-refractivity contribution in [2.24, 2.45) is 5.92 Å². The standard InChI is InChI=1S/C16H24FNO2/c1-13(2)11-14-3-4-16(15(17)12-14)20-10-7-18-5-8-19-9-6-18/h3-4,12-13H,5-11H2,1-2H3. The van der Waals surface area contributed by atoms with Crippen LogP contribution >= 0.6 is 0 Å². The SMILES string of the molecule is CC(C)Cc1ccc(OCCN2CCOCC2)c(F)c1. The molecule has 1 aliphatic rings. The van der Waals surface area contributed by atoms with Gasteiger partial charge in [-0.15, -0.1) is 0 Å². The molecule has 2 rings (SSSR count). The molecule has 0 amide bonds. The number of nitrogens with zero attached hydrogens (tertiary/aromatic N) is 1. The fourth-order valence-corrected chi connectivity index (χ4v) is 2.37. The second kappa shape index (κ2) is 7.60. The molecule has 0 aromatic heterocycles. The largest absolute Gasteiger partial charge is 0.489 e. The Morgan fingerprint density at radius 1 is 1.30 bits per heavy atom. The van der Waals surface area contributed by atoms with Crippen LogP contribution < -0.4 is 4.74 Å². The van der Waals surface area contributed by atoms with Crippen molar-refractivity contribution in [2.45, 2.75) is 20.3 Å². The summed E-state index contributed by atoms with van der Waals surface area (Å²) in [4.78, 5) is 2.27. The fourth-order valence-electron chi connectivity index (χ4n) is 2.37. The lowest BCUT2D eigenvalue weighted by Crippen LogP contribution is -2.38. The lowest BCUT2D eigenvalue weighted by atomic mass is 10.0. The van der Waals surface area contributed by atoms with Gasteiger partial charge in [0.15, 0.2) is 11.6 Å². The van der Waals surface area contributed by atoms with Crippen LogP contribution in [0.4, 0.5) is 4.39 Å². The average molecular weight is 281 g/mol. The van der Waals surface area contributed by atoms with Crippen molar-refractivity contribution in [3.05, 3.63) is 29.6 Å². The summed E-state index contributed by atoms with van der Waals surface area (Å²) in [6, 6.07) is 5.28. The van der Waals surface area contributed by atoms with E-state index in [0.29, 0.717) is 18.3 Å². The van der Waals surface area contributed by atoms with Gasteiger partial charge in [-0.2, -0.15) is 0 Å². The van der Waals surface area contributed by atoms with Gasteiger partial charge in [-0.05, 0) is 30.0 Å². The number of ether oxygens (including phenoxy) is 2. The van der Waals surface area contributed by atoms with Crippen LogP contribution in [-0.2, 0) is 11.2 Å². The predicted molar refractivity (Wildman–Crippen MR) is 77.7 cm³/mol. The molecule has 4 heteroatoms. The molecule has 0 saturated carbocycles. The molecule has 0 atom stereocenters. The van der Waals surface area contributed by atoms with Gasteiger partial charge >= 0.3 is 0 Å². The van der Waals surface area contributed by atoms with E-state index in [9.17, 15) is 4.39 Å². The molecule has 0 radical (unpaired) electrons. The van der Waals surface area contributed by atoms with Crippen molar-refractivity contribution in [3.8, 4) is 5.75 Å². The molecular formula is C16H24FNO2. The van der Waals surface area contributed by atoms with Crippen LogP contribution in [0.25, 0.3) is 0 Å². The van der Waals surface area contributed by atoms with E-state index in [1.165, 1.54) is 0 Å². The van der Waals surface area contributed by atoms with Gasteiger partial charge in [0.05, 0.1) is 13.2 Å². The maximum Gasteiger partial charge on any atom is 0.165 e. The zero-order valence-electron chi connectivity index (χ0n) is 12.4. The van der Waals surface area contributed by atoms with E-state index >= 15 is 0 Å². The first kappa shape index (κ1) is 15.3. The normalized spacial score (nSPS) is 16.6. The van der Waals surface area contributed by atoms with Crippen molar-refractivity contribution >= 4 is 0 Å². The van der Waals surface area contributed by atoms with Gasteiger partial charge in [0.2, 0.25) is 0 Å². The van der Waals surface area contributed by atoms with Crippen molar-refractivity contribution in [1.29, 1.82) is 0 Å². The fraction of sp³-hybridized carbons (Fsp3) is 0.625. The van der Waals surface area contributed by atoms with Crippen LogP contribution in [0.1, 0.15) is 19.4 Å². The van der Waals surface area contributed by atoms with Crippen LogP contribution in [0, 0.1) is 11.7 Å². The van der Waals surface area contributed by atoms with Gasteiger partial charge in [0.25, 0.3) is 0 Å². The van der Waals surface area contributed by atoms with Gasteiger partial charge in [0, 0.05) is 19.6 Å². The van der Waals surface area contributed by atoms with Gasteiger partial charge in [-0.3, -0.25) is 4.90 Å². The van der Waals surface area contributed by atoms with Crippen molar-refractivity contribution < 1.29 is 13.9 Å². The Morgan fingerprint density at radius 2 is 2.05 bits per heavy atom. The second-order valence-electron chi connectivity index (χ2n) is 5.67. The van der Waals surface area contributed by atoms with Crippen molar-refractivity contribution in [3.63, 3.8) is 0 Å². The highest BCUT2D eigenvalue weighted by Crippen LogP contribution is 2.20. The number of hydrogen-bond donors (Lipinski definition) is 0. The Kier molecular flexibility index (Phi) is 5.80. The molecule has 1 heterocycles. The molecule has 20 heavy (non-hydrogen) atoms. The summed E-state index contributed by atoms with van der Waals surface area (Å²) in [7, 11) is 0. The third kappa shape index (κ3) is 4.76. The van der Waals surface area contributed by atoms with E-state index < -0.39 is 0 Å². The third-order valence-corrected chi connectivity index (χ3v) is 3.41. The highest BCUT2D eigenvalue weighted by molar-refractivity contribution is 5.29. The monoisotopic (exact) mass is 281 g/mol. The van der Waals surface area contributed by atoms with Crippen molar-refractivity contribution in [1.82, 2.24) is 4.90 Å². The molecule has 1 aromatic carbocycles. The first-order valence-electron chi connectivity index (χ1n) is 7.36. The summed E-state index contributed by atoms with van der Waals surface area (Å²) < 4.78 is 24.7. The van der Waals surface area contributed by atoms with Gasteiger partial charge in [0.1, 0.15) is 6.61 Å². The van der Waals surface area contributed by atoms with E-state index in [1.54, 1.807) is 12.1 Å². The smallest absolute Gasteiger partial charge is 0.165 e. The summed E-state index contributed by atoms with van der Waals surface area (Å²) >= 11 is 0. The molecule has 3 nitrogen and oxygen atoms in total. The Morgan fingerprint density at radius 3 is 2.70 bits per heavy atom. The van der Waals surface area contributed by atoms with E-state index in [-0.39, 0.29) is 5.82 Å². The molecule has 0 N–H and O–H groups in total. The van der Waals surface area contributed by atoms with Gasteiger partial charge in [-0.1, -0.05) is 19.9 Å². The first-order valence-corrected chi connectivity index (χ1v) is 7.36. The quantitative estimate of drug-likeness (QED) is 0.800. The minimum absolute atomic E-state index is 0.259. The highest BCUT2D eigenvalue weighted by atomic mass is 19.1. The minimum Gasteiger partial charge on any atom is -0.489 e. The van der Waals surface area contributed by atoms with Crippen molar-refractivity contribution in [2.75, 3.05) is 39.5 Å². The van der Waals surface area contributed by atoms with E-state index in [1.807, 2.05) is 6.07 Å². The van der Waals surface area contributed by atoms with Crippen LogP contribution in [0.15, 0.2) is 18.2 Å². The minimum atomic E-state index is -0.259. The third-order valence-electron chi connectivity index (χ3n) is 3.41. The maximum absolute atomic E-state index is 13.9. The van der Waals surface area contributed by atoms with E-state index in [2.05, 4.69) is 18.7 Å². The van der Waals surface area contributed by atoms with Gasteiger partial charge < -0.3 is 9.47 Å². The zero-order valence-corrected chi connectivity index (χ0v) is 12.4. The highest BCUT2D eigenvalue weighted by Gasteiger charge is 2.11. The van der Waals surface area contributed by atoms with Gasteiger partial charge in [-0.25, -0.2) is 4.39 Å². The molecule has 0 bridgehead atoms. The first-order chi connectivity index (χ1) is 9.65. The summed E-state index contributed by atoms with van der Waals surface area (Å²) in [5, 5.41) is 0. The number of rotatable bonds is 6. The summed E-state index contributed by atoms with van der Waals surface area (Å²) in [5.41, 5.74) is 1.03. The van der Waals surface area contributed by atoms with E-state index in [0.717, 1.165) is 44.8 Å². The lowest BCUT2D eigenvalue weighted by Gasteiger charge is -2.26. The lowest BCUT2D eigenvalue weighted by molar-refractivity contribution is 0.0320. The number of benzene rings is 1. The maximum atomic E-state index is 13.9. The van der Waals surface area contributed by atoms with Crippen LogP contribution in [0.3, 0.4) is 0 Å². The molecule has 1 aromatic rings. The topological polar surface area (TPSA) is 21.7 Å².